The van der Waals surface area contributed by atoms with Crippen LogP contribution in [0.1, 0.15) is 47.0 Å². The Labute approximate surface area is 172 Å². The highest BCUT2D eigenvalue weighted by Crippen LogP contribution is 2.51. The summed E-state index contributed by atoms with van der Waals surface area (Å²) in [5.74, 6) is 0.617. The van der Waals surface area contributed by atoms with E-state index >= 15 is 0 Å². The Balaban J connectivity index is 0.000000221. The SMILES string of the molecule is CCC(C)(C)NC(=O)CN1CC2(CC(C)C2)C1.O=CNc1cc(F)cc(Cl)c1. The second-order valence-electron chi connectivity index (χ2n) is 8.86. The van der Waals surface area contributed by atoms with Crippen molar-refractivity contribution in [2.24, 2.45) is 11.3 Å². The molecule has 5 nitrogen and oxygen atoms in total. The van der Waals surface area contributed by atoms with Gasteiger partial charge in [-0.2, -0.15) is 0 Å². The second kappa shape index (κ2) is 9.23. The van der Waals surface area contributed by atoms with Gasteiger partial charge in [0, 0.05) is 29.3 Å². The summed E-state index contributed by atoms with van der Waals surface area (Å²) in [5, 5.41) is 5.64. The number of carbonyl (C=O) groups excluding carboxylic acids is 2. The van der Waals surface area contributed by atoms with Gasteiger partial charge in [0.1, 0.15) is 5.82 Å². The lowest BCUT2D eigenvalue weighted by Crippen LogP contribution is -2.63. The van der Waals surface area contributed by atoms with Crippen molar-refractivity contribution in [2.75, 3.05) is 25.0 Å². The lowest BCUT2D eigenvalue weighted by atomic mass is 9.58. The number of nitrogens with one attached hydrogen (secondary N) is 2. The molecule has 0 unspecified atom stereocenters. The van der Waals surface area contributed by atoms with Crippen LogP contribution < -0.4 is 10.6 Å². The molecule has 7 heteroatoms. The summed E-state index contributed by atoms with van der Waals surface area (Å²) >= 11 is 5.49. The van der Waals surface area contributed by atoms with Gasteiger partial charge in [-0.05, 0) is 62.6 Å². The molecule has 1 spiro atoms. The van der Waals surface area contributed by atoms with Gasteiger partial charge in [0.2, 0.25) is 12.3 Å². The van der Waals surface area contributed by atoms with E-state index in [1.165, 1.54) is 25.0 Å². The Hall–Kier alpha value is -1.66. The summed E-state index contributed by atoms with van der Waals surface area (Å²) in [6.45, 7) is 11.4. The van der Waals surface area contributed by atoms with E-state index in [9.17, 15) is 14.0 Å². The van der Waals surface area contributed by atoms with Crippen LogP contribution >= 0.6 is 11.6 Å². The number of amides is 2. The van der Waals surface area contributed by atoms with Crippen LogP contribution in [0.5, 0.6) is 0 Å². The van der Waals surface area contributed by atoms with Crippen LogP contribution in [-0.2, 0) is 9.59 Å². The maximum atomic E-state index is 12.5. The van der Waals surface area contributed by atoms with E-state index in [0.717, 1.165) is 31.5 Å². The van der Waals surface area contributed by atoms with Crippen LogP contribution in [0.3, 0.4) is 0 Å². The molecule has 1 aliphatic heterocycles. The molecule has 0 aromatic heterocycles. The van der Waals surface area contributed by atoms with Crippen LogP contribution in [0.15, 0.2) is 18.2 Å². The lowest BCUT2D eigenvalue weighted by Gasteiger charge is -2.58. The highest BCUT2D eigenvalue weighted by Gasteiger charge is 2.50. The lowest BCUT2D eigenvalue weighted by molar-refractivity contribution is -0.133. The molecule has 1 aromatic carbocycles. The smallest absolute Gasteiger partial charge is 0.234 e. The molecule has 0 atom stereocenters. The minimum atomic E-state index is -0.471. The highest BCUT2D eigenvalue weighted by atomic mass is 35.5. The minimum Gasteiger partial charge on any atom is -0.350 e. The number of carbonyl (C=O) groups is 2. The second-order valence-corrected chi connectivity index (χ2v) is 9.30. The van der Waals surface area contributed by atoms with Crippen molar-refractivity contribution in [2.45, 2.75) is 52.5 Å². The molecule has 2 amide bonds. The van der Waals surface area contributed by atoms with Gasteiger partial charge in [0.15, 0.2) is 0 Å². The molecule has 0 bridgehead atoms. The largest absolute Gasteiger partial charge is 0.350 e. The van der Waals surface area contributed by atoms with Crippen molar-refractivity contribution >= 4 is 29.6 Å². The summed E-state index contributed by atoms with van der Waals surface area (Å²) in [7, 11) is 0. The van der Waals surface area contributed by atoms with Gasteiger partial charge in [-0.1, -0.05) is 25.4 Å². The fourth-order valence-corrected chi connectivity index (χ4v) is 4.33. The van der Waals surface area contributed by atoms with Crippen LogP contribution in [0.2, 0.25) is 5.02 Å². The number of halogens is 2. The quantitative estimate of drug-likeness (QED) is 0.693. The minimum absolute atomic E-state index is 0.0649. The van der Waals surface area contributed by atoms with Crippen molar-refractivity contribution in [3.63, 3.8) is 0 Å². The van der Waals surface area contributed by atoms with Gasteiger partial charge in [-0.15, -0.1) is 0 Å². The first-order chi connectivity index (χ1) is 13.1. The number of hydrogen-bond donors (Lipinski definition) is 2. The number of rotatable bonds is 6. The first-order valence-corrected chi connectivity index (χ1v) is 10.1. The average Bonchev–Trinajstić information content (AvgIpc) is 2.51. The van der Waals surface area contributed by atoms with E-state index < -0.39 is 5.82 Å². The van der Waals surface area contributed by atoms with Crippen LogP contribution in [0, 0.1) is 17.2 Å². The summed E-state index contributed by atoms with van der Waals surface area (Å²) < 4.78 is 12.5. The molecular formula is C21H31ClFN3O2. The molecule has 0 radical (unpaired) electrons. The summed E-state index contributed by atoms with van der Waals surface area (Å²) in [5.41, 5.74) is 0.884. The fraction of sp³-hybridized carbons (Fsp3) is 0.619. The summed E-state index contributed by atoms with van der Waals surface area (Å²) in [6.07, 6.45) is 4.17. The molecule has 3 rings (SSSR count). The third-order valence-corrected chi connectivity index (χ3v) is 5.72. The van der Waals surface area contributed by atoms with Crippen molar-refractivity contribution in [1.82, 2.24) is 10.2 Å². The molecule has 28 heavy (non-hydrogen) atoms. The maximum absolute atomic E-state index is 12.5. The van der Waals surface area contributed by atoms with Gasteiger partial charge >= 0.3 is 0 Å². The fourth-order valence-electron chi connectivity index (χ4n) is 4.10. The Bertz CT molecular complexity index is 677. The predicted molar refractivity (Wildman–Crippen MR) is 111 cm³/mol. The number of nitrogens with zero attached hydrogens (tertiary/aromatic N) is 1. The monoisotopic (exact) mass is 411 g/mol. The van der Waals surface area contributed by atoms with E-state index in [4.69, 9.17) is 11.6 Å². The van der Waals surface area contributed by atoms with Gasteiger partial charge in [-0.3, -0.25) is 14.5 Å². The normalized spacial score (nSPS) is 18.4. The zero-order valence-corrected chi connectivity index (χ0v) is 17.9. The number of anilines is 1. The molecule has 1 aliphatic carbocycles. The molecule has 2 fully saturated rings. The zero-order valence-electron chi connectivity index (χ0n) is 17.1. The van der Waals surface area contributed by atoms with E-state index in [2.05, 4.69) is 43.2 Å². The number of hydrogen-bond acceptors (Lipinski definition) is 3. The molecule has 156 valence electrons. The van der Waals surface area contributed by atoms with E-state index in [1.54, 1.807) is 0 Å². The van der Waals surface area contributed by atoms with E-state index in [1.807, 2.05) is 0 Å². The molecule has 1 aromatic rings. The average molecular weight is 412 g/mol. The van der Waals surface area contributed by atoms with Crippen LogP contribution in [0.25, 0.3) is 0 Å². The Morgan fingerprint density at radius 1 is 1.36 bits per heavy atom. The topological polar surface area (TPSA) is 61.4 Å². The Kier molecular flexibility index (Phi) is 7.46. The van der Waals surface area contributed by atoms with Gasteiger partial charge in [-0.25, -0.2) is 4.39 Å². The molecular weight excluding hydrogens is 381 g/mol. The molecule has 1 saturated heterocycles. The summed E-state index contributed by atoms with van der Waals surface area (Å²) in [4.78, 5) is 24.1. The zero-order chi connectivity index (χ0) is 20.9. The van der Waals surface area contributed by atoms with Crippen LogP contribution in [0.4, 0.5) is 10.1 Å². The van der Waals surface area contributed by atoms with Crippen molar-refractivity contribution in [3.05, 3.63) is 29.0 Å². The maximum Gasteiger partial charge on any atom is 0.234 e. The first-order valence-electron chi connectivity index (χ1n) is 9.76. The first kappa shape index (κ1) is 22.6. The van der Waals surface area contributed by atoms with Crippen molar-refractivity contribution < 1.29 is 14.0 Å². The highest BCUT2D eigenvalue weighted by molar-refractivity contribution is 6.30. The van der Waals surface area contributed by atoms with Gasteiger partial charge < -0.3 is 10.6 Å². The Morgan fingerprint density at radius 2 is 2.00 bits per heavy atom. The predicted octanol–water partition coefficient (Wildman–Crippen LogP) is 4.07. The molecule has 2 N–H and O–H groups in total. The summed E-state index contributed by atoms with van der Waals surface area (Å²) in [6, 6.07) is 3.80. The van der Waals surface area contributed by atoms with Gasteiger partial charge in [0.25, 0.3) is 0 Å². The van der Waals surface area contributed by atoms with E-state index in [0.29, 0.717) is 24.1 Å². The third kappa shape index (κ3) is 6.45. The van der Waals surface area contributed by atoms with Crippen molar-refractivity contribution in [3.8, 4) is 0 Å². The van der Waals surface area contributed by atoms with Crippen LogP contribution in [-0.4, -0.2) is 42.4 Å². The molecule has 1 saturated carbocycles. The van der Waals surface area contributed by atoms with E-state index in [-0.39, 0.29) is 16.5 Å². The number of likely N-dealkylation sites (tertiary alicyclic amines) is 1. The van der Waals surface area contributed by atoms with Crippen molar-refractivity contribution in [1.29, 1.82) is 0 Å². The standard InChI is InChI=1S/C14H26N2O.C7H5ClFNO/c1-5-13(3,4)15-12(17)8-16-9-14(10-16)6-11(2)7-14;8-5-1-6(9)3-7(2-5)10-4-11/h11H,5-10H2,1-4H3,(H,15,17);1-4H,(H,10,11). The Morgan fingerprint density at radius 3 is 2.50 bits per heavy atom. The molecule has 2 aliphatic rings. The van der Waals surface area contributed by atoms with Gasteiger partial charge in [0.05, 0.1) is 6.54 Å². The number of benzene rings is 1. The third-order valence-electron chi connectivity index (χ3n) is 5.50. The molecule has 1 heterocycles.